The van der Waals surface area contributed by atoms with E-state index in [1.807, 2.05) is 0 Å². The Morgan fingerprint density at radius 3 is 2.47 bits per heavy atom. The van der Waals surface area contributed by atoms with Crippen LogP contribution < -0.4 is 0 Å². The SMILES string of the molecule is CC1=CC=C(OC2CCC(C)CC2)[CH]C1. The van der Waals surface area contributed by atoms with E-state index in [1.165, 1.54) is 31.3 Å². The van der Waals surface area contributed by atoms with Crippen LogP contribution in [0.1, 0.15) is 46.0 Å². The number of allylic oxidation sites excluding steroid dienone is 4. The lowest BCUT2D eigenvalue weighted by Gasteiger charge is -2.28. The summed E-state index contributed by atoms with van der Waals surface area (Å²) >= 11 is 0. The van der Waals surface area contributed by atoms with E-state index in [9.17, 15) is 0 Å². The molecule has 2 aliphatic carbocycles. The number of hydrogen-bond acceptors (Lipinski definition) is 1. The number of hydrogen-bond donors (Lipinski definition) is 0. The van der Waals surface area contributed by atoms with Gasteiger partial charge < -0.3 is 4.74 Å². The van der Waals surface area contributed by atoms with E-state index in [0.29, 0.717) is 6.10 Å². The Balaban J connectivity index is 1.82. The van der Waals surface area contributed by atoms with Gasteiger partial charge in [-0.2, -0.15) is 0 Å². The third kappa shape index (κ3) is 3.12. The summed E-state index contributed by atoms with van der Waals surface area (Å²) in [6.45, 7) is 4.50. The van der Waals surface area contributed by atoms with Crippen molar-refractivity contribution in [1.29, 1.82) is 0 Å². The summed E-state index contributed by atoms with van der Waals surface area (Å²) in [5, 5.41) is 0. The first-order valence-corrected chi connectivity index (χ1v) is 6.11. The Morgan fingerprint density at radius 2 is 1.87 bits per heavy atom. The molecule has 0 unspecified atom stereocenters. The summed E-state index contributed by atoms with van der Waals surface area (Å²) in [6.07, 6.45) is 13.1. The number of rotatable bonds is 2. The van der Waals surface area contributed by atoms with Crippen LogP contribution in [0.5, 0.6) is 0 Å². The van der Waals surface area contributed by atoms with Crippen molar-refractivity contribution >= 4 is 0 Å². The fraction of sp³-hybridized carbons (Fsp3) is 0.643. The van der Waals surface area contributed by atoms with Gasteiger partial charge in [0.15, 0.2) is 0 Å². The molecule has 0 amide bonds. The average Bonchev–Trinajstić information content (AvgIpc) is 2.25. The smallest absolute Gasteiger partial charge is 0.100 e. The molecule has 0 bridgehead atoms. The van der Waals surface area contributed by atoms with E-state index in [2.05, 4.69) is 32.4 Å². The van der Waals surface area contributed by atoms with Crippen molar-refractivity contribution in [3.63, 3.8) is 0 Å². The third-order valence-corrected chi connectivity index (χ3v) is 3.42. The second-order valence-electron chi connectivity index (χ2n) is 4.99. The first-order valence-electron chi connectivity index (χ1n) is 6.11. The summed E-state index contributed by atoms with van der Waals surface area (Å²) in [5.74, 6) is 1.98. The van der Waals surface area contributed by atoms with Crippen LogP contribution in [0.3, 0.4) is 0 Å². The van der Waals surface area contributed by atoms with Gasteiger partial charge in [-0.1, -0.05) is 18.6 Å². The lowest BCUT2D eigenvalue weighted by Crippen LogP contribution is -2.20. The molecule has 1 saturated carbocycles. The summed E-state index contributed by atoms with van der Waals surface area (Å²) in [5.41, 5.74) is 1.42. The molecule has 0 aliphatic heterocycles. The standard InChI is InChI=1S/C14H21O/c1-11-3-7-13(8-4-11)15-14-9-5-12(2)6-10-14/h3,7-8,12,14H,4-6,9-10H2,1-2H3. The minimum atomic E-state index is 0.468. The maximum atomic E-state index is 5.99. The van der Waals surface area contributed by atoms with Crippen molar-refractivity contribution in [3.8, 4) is 0 Å². The Labute approximate surface area is 93.2 Å². The molecule has 1 radical (unpaired) electrons. The molecule has 0 saturated heterocycles. The van der Waals surface area contributed by atoms with Crippen LogP contribution in [0.2, 0.25) is 0 Å². The minimum absolute atomic E-state index is 0.468. The first-order chi connectivity index (χ1) is 7.24. The van der Waals surface area contributed by atoms with Gasteiger partial charge in [-0.15, -0.1) is 0 Å². The van der Waals surface area contributed by atoms with Crippen LogP contribution in [-0.2, 0) is 4.74 Å². The zero-order valence-electron chi connectivity index (χ0n) is 9.83. The van der Waals surface area contributed by atoms with E-state index in [1.54, 1.807) is 0 Å². The Hall–Kier alpha value is -0.720. The third-order valence-electron chi connectivity index (χ3n) is 3.42. The Morgan fingerprint density at radius 1 is 1.13 bits per heavy atom. The van der Waals surface area contributed by atoms with Crippen molar-refractivity contribution in [2.45, 2.75) is 52.1 Å². The van der Waals surface area contributed by atoms with Crippen LogP contribution in [0.15, 0.2) is 23.5 Å². The zero-order valence-corrected chi connectivity index (χ0v) is 9.83. The quantitative estimate of drug-likeness (QED) is 0.661. The number of ether oxygens (including phenoxy) is 1. The molecule has 0 aromatic carbocycles. The van der Waals surface area contributed by atoms with Crippen molar-refractivity contribution in [2.24, 2.45) is 5.92 Å². The molecule has 1 fully saturated rings. The van der Waals surface area contributed by atoms with Gasteiger partial charge in [-0.3, -0.25) is 0 Å². The largest absolute Gasteiger partial charge is 0.494 e. The van der Waals surface area contributed by atoms with Crippen LogP contribution in [0.4, 0.5) is 0 Å². The molecule has 2 rings (SSSR count). The van der Waals surface area contributed by atoms with Gasteiger partial charge in [-0.25, -0.2) is 0 Å². The highest BCUT2D eigenvalue weighted by Crippen LogP contribution is 2.28. The molecule has 0 N–H and O–H groups in total. The second kappa shape index (κ2) is 4.87. The minimum Gasteiger partial charge on any atom is -0.494 e. The van der Waals surface area contributed by atoms with Crippen LogP contribution in [0, 0.1) is 12.3 Å². The van der Waals surface area contributed by atoms with Gasteiger partial charge in [0.25, 0.3) is 0 Å². The molecule has 0 spiro atoms. The summed E-state index contributed by atoms with van der Waals surface area (Å²) in [7, 11) is 0. The van der Waals surface area contributed by atoms with Gasteiger partial charge in [-0.05, 0) is 51.0 Å². The highest BCUT2D eigenvalue weighted by atomic mass is 16.5. The molecule has 1 nitrogen and oxygen atoms in total. The van der Waals surface area contributed by atoms with Gasteiger partial charge in [0.05, 0.1) is 6.10 Å². The fourth-order valence-electron chi connectivity index (χ4n) is 2.25. The van der Waals surface area contributed by atoms with E-state index in [4.69, 9.17) is 4.74 Å². The van der Waals surface area contributed by atoms with Gasteiger partial charge in [0.2, 0.25) is 0 Å². The zero-order chi connectivity index (χ0) is 10.7. The average molecular weight is 205 g/mol. The van der Waals surface area contributed by atoms with Crippen molar-refractivity contribution in [3.05, 3.63) is 29.9 Å². The predicted octanol–water partition coefficient (Wildman–Crippen LogP) is 4.02. The molecule has 0 atom stereocenters. The molecule has 1 heteroatoms. The molecular weight excluding hydrogens is 184 g/mol. The van der Waals surface area contributed by atoms with E-state index < -0.39 is 0 Å². The molecule has 83 valence electrons. The molecular formula is C14H21O. The maximum Gasteiger partial charge on any atom is 0.100 e. The van der Waals surface area contributed by atoms with Gasteiger partial charge in [0, 0.05) is 6.42 Å². The Kier molecular flexibility index (Phi) is 3.50. The summed E-state index contributed by atoms with van der Waals surface area (Å²) in [6, 6.07) is 0. The summed E-state index contributed by atoms with van der Waals surface area (Å²) < 4.78 is 5.99. The van der Waals surface area contributed by atoms with Gasteiger partial charge in [0.1, 0.15) is 5.76 Å². The van der Waals surface area contributed by atoms with Crippen LogP contribution >= 0.6 is 0 Å². The predicted molar refractivity (Wildman–Crippen MR) is 63.3 cm³/mol. The lowest BCUT2D eigenvalue weighted by molar-refractivity contribution is 0.0731. The lowest BCUT2D eigenvalue weighted by atomic mass is 9.89. The monoisotopic (exact) mass is 205 g/mol. The maximum absolute atomic E-state index is 5.99. The van der Waals surface area contributed by atoms with Crippen LogP contribution in [0.25, 0.3) is 0 Å². The first kappa shape index (κ1) is 10.8. The molecule has 0 aromatic rings. The fourth-order valence-corrected chi connectivity index (χ4v) is 2.25. The van der Waals surface area contributed by atoms with Crippen molar-refractivity contribution in [1.82, 2.24) is 0 Å². The van der Waals surface area contributed by atoms with Crippen molar-refractivity contribution < 1.29 is 4.74 Å². The van der Waals surface area contributed by atoms with E-state index >= 15 is 0 Å². The normalized spacial score (nSPS) is 31.9. The highest BCUT2D eigenvalue weighted by molar-refractivity contribution is 5.26. The Bertz CT molecular complexity index is 267. The van der Waals surface area contributed by atoms with E-state index in [-0.39, 0.29) is 0 Å². The topological polar surface area (TPSA) is 9.23 Å². The molecule has 0 aromatic heterocycles. The molecule has 15 heavy (non-hydrogen) atoms. The van der Waals surface area contributed by atoms with Crippen LogP contribution in [-0.4, -0.2) is 6.10 Å². The second-order valence-corrected chi connectivity index (χ2v) is 4.99. The van der Waals surface area contributed by atoms with Crippen molar-refractivity contribution in [2.75, 3.05) is 0 Å². The van der Waals surface area contributed by atoms with E-state index in [0.717, 1.165) is 18.1 Å². The highest BCUT2D eigenvalue weighted by Gasteiger charge is 2.20. The van der Waals surface area contributed by atoms with Gasteiger partial charge >= 0.3 is 0 Å². The molecule has 0 heterocycles. The summed E-state index contributed by atoms with van der Waals surface area (Å²) in [4.78, 5) is 0. The molecule has 2 aliphatic rings.